The summed E-state index contributed by atoms with van der Waals surface area (Å²) in [6.07, 6.45) is -5.00. The van der Waals surface area contributed by atoms with E-state index in [1.54, 1.807) is 0 Å². The van der Waals surface area contributed by atoms with Crippen LogP contribution in [-0.2, 0) is 22.9 Å². The summed E-state index contributed by atoms with van der Waals surface area (Å²) in [4.78, 5) is 20.6. The van der Waals surface area contributed by atoms with Crippen LogP contribution in [0.5, 0.6) is 0 Å². The van der Waals surface area contributed by atoms with Crippen LogP contribution in [0.25, 0.3) is 0 Å². The molecule has 0 heterocycles. The van der Waals surface area contributed by atoms with Crippen molar-refractivity contribution in [1.82, 2.24) is 0 Å². The summed E-state index contributed by atoms with van der Waals surface area (Å²) >= 11 is 0. The third kappa shape index (κ3) is 7.55. The van der Waals surface area contributed by atoms with E-state index in [1.165, 1.54) is 0 Å². The van der Waals surface area contributed by atoms with E-state index in [-0.39, 0.29) is 0 Å². The number of hydrogen-bond acceptors (Lipinski definition) is 5. The van der Waals surface area contributed by atoms with Crippen LogP contribution in [0.4, 0.5) is 13.2 Å². The van der Waals surface area contributed by atoms with Gasteiger partial charge in [0.1, 0.15) is 0 Å². The minimum Gasteiger partial charge on any atom is -0.467 e. The summed E-state index contributed by atoms with van der Waals surface area (Å²) in [5, 5.41) is 0. The van der Waals surface area contributed by atoms with Crippen LogP contribution < -0.4 is 0 Å². The number of halogens is 3. The van der Waals surface area contributed by atoms with Gasteiger partial charge in [-0.2, -0.15) is 0 Å². The molecule has 0 aliphatic heterocycles. The lowest BCUT2D eigenvalue weighted by Gasteiger charge is -2.15. The van der Waals surface area contributed by atoms with E-state index in [0.717, 1.165) is 13.8 Å². The molecule has 0 fully saturated rings. The molecule has 9 heteroatoms. The normalized spacial score (nSPS) is 11.3. The van der Waals surface area contributed by atoms with Crippen molar-refractivity contribution in [2.75, 3.05) is 0 Å². The summed E-state index contributed by atoms with van der Waals surface area (Å²) in [5.41, 5.74) is 0. The summed E-state index contributed by atoms with van der Waals surface area (Å²) in [5.74, 6) is -2.01. The topological polar surface area (TPSA) is 61.8 Å². The second-order valence-electron chi connectivity index (χ2n) is 2.07. The lowest BCUT2D eigenvalue weighted by Crippen LogP contribution is -2.36. The van der Waals surface area contributed by atoms with Crippen molar-refractivity contribution in [2.45, 2.75) is 20.2 Å². The zero-order valence-corrected chi connectivity index (χ0v) is 8.41. The molecule has 0 bridgehead atoms. The fourth-order valence-corrected chi connectivity index (χ4v) is 1.36. The lowest BCUT2D eigenvalue weighted by molar-refractivity contribution is -0.289. The number of carbonyl (C=O) groups is 2. The molecule has 0 amide bonds. The van der Waals surface area contributed by atoms with Crippen molar-refractivity contribution in [2.24, 2.45) is 0 Å². The van der Waals surface area contributed by atoms with Gasteiger partial charge in [0, 0.05) is 13.8 Å². The molecule has 82 valence electrons. The fourth-order valence-electron chi connectivity index (χ4n) is 0.452. The third-order valence-electron chi connectivity index (χ3n) is 0.754. The predicted molar refractivity (Wildman–Crippen MR) is 37.8 cm³/mol. The summed E-state index contributed by atoms with van der Waals surface area (Å²) in [6.45, 7) is 1.76. The average Bonchev–Trinajstić information content (AvgIpc) is 1.77. The molecule has 0 aromatic heterocycles. The summed E-state index contributed by atoms with van der Waals surface area (Å²) in [6, 6.07) is 0. The maximum Gasteiger partial charge on any atom is 0.626 e. The summed E-state index contributed by atoms with van der Waals surface area (Å²) < 4.78 is 46.3. The van der Waals surface area contributed by atoms with E-state index in [1.807, 2.05) is 0 Å². The Hall–Kier alpha value is -1.09. The molecule has 0 atom stereocenters. The quantitative estimate of drug-likeness (QED) is 0.658. The van der Waals surface area contributed by atoms with E-state index in [4.69, 9.17) is 0 Å². The minimum absolute atomic E-state index is 0.878. The highest BCUT2D eigenvalue weighted by molar-refractivity contribution is 6.41. The molecule has 0 spiro atoms. The maximum atomic E-state index is 11.6. The second kappa shape index (κ2) is 4.96. The van der Waals surface area contributed by atoms with E-state index >= 15 is 0 Å². The Morgan fingerprint density at radius 3 is 1.64 bits per heavy atom. The first-order valence-electron chi connectivity index (χ1n) is 3.29. The van der Waals surface area contributed by atoms with Gasteiger partial charge in [-0.05, 0) is 0 Å². The molecule has 0 aliphatic carbocycles. The van der Waals surface area contributed by atoms with Crippen molar-refractivity contribution < 1.29 is 36.0 Å². The van der Waals surface area contributed by atoms with E-state index < -0.39 is 27.8 Å². The molecular formula is C5H7F3O5Si. The Morgan fingerprint density at radius 1 is 1.07 bits per heavy atom. The highest BCUT2D eigenvalue weighted by Crippen LogP contribution is 2.18. The highest BCUT2D eigenvalue weighted by atomic mass is 28.3. The van der Waals surface area contributed by atoms with Gasteiger partial charge in [-0.1, -0.05) is 0 Å². The number of carbonyl (C=O) groups excluding carboxylic acids is 2. The molecule has 14 heavy (non-hydrogen) atoms. The van der Waals surface area contributed by atoms with Crippen molar-refractivity contribution >= 4 is 21.5 Å². The SMILES string of the molecule is CC(=O)O[SiH](OC(C)=O)OC(F)(F)F. The monoisotopic (exact) mass is 232 g/mol. The molecule has 0 unspecified atom stereocenters. The van der Waals surface area contributed by atoms with Crippen LogP contribution in [-0.4, -0.2) is 27.8 Å². The van der Waals surface area contributed by atoms with Gasteiger partial charge < -0.3 is 8.85 Å². The van der Waals surface area contributed by atoms with Crippen molar-refractivity contribution in [3.8, 4) is 0 Å². The predicted octanol–water partition coefficient (Wildman–Crippen LogP) is 0.366. The largest absolute Gasteiger partial charge is 0.626 e. The molecule has 0 aromatic rings. The molecule has 0 radical (unpaired) electrons. The van der Waals surface area contributed by atoms with Crippen LogP contribution in [0.3, 0.4) is 0 Å². The Morgan fingerprint density at radius 2 is 1.43 bits per heavy atom. The molecular weight excluding hydrogens is 225 g/mol. The van der Waals surface area contributed by atoms with Crippen molar-refractivity contribution in [3.63, 3.8) is 0 Å². The Balaban J connectivity index is 4.24. The zero-order valence-electron chi connectivity index (χ0n) is 7.25. The highest BCUT2D eigenvalue weighted by Gasteiger charge is 2.39. The van der Waals surface area contributed by atoms with Crippen molar-refractivity contribution in [1.29, 1.82) is 0 Å². The van der Waals surface area contributed by atoms with Gasteiger partial charge in [0.2, 0.25) is 0 Å². The molecule has 0 saturated carbocycles. The molecule has 0 aromatic carbocycles. The van der Waals surface area contributed by atoms with Gasteiger partial charge in [-0.15, -0.1) is 13.2 Å². The third-order valence-corrected chi connectivity index (χ3v) is 2.26. The Kier molecular flexibility index (Phi) is 4.57. The van der Waals surface area contributed by atoms with Gasteiger partial charge in [-0.3, -0.25) is 14.0 Å². The molecule has 0 N–H and O–H groups in total. The first-order valence-corrected chi connectivity index (χ1v) is 4.71. The second-order valence-corrected chi connectivity index (χ2v) is 3.36. The first kappa shape index (κ1) is 12.9. The van der Waals surface area contributed by atoms with Crippen LogP contribution in [0.1, 0.15) is 13.8 Å². The van der Waals surface area contributed by atoms with Gasteiger partial charge in [-0.25, -0.2) is 0 Å². The van der Waals surface area contributed by atoms with Gasteiger partial charge >= 0.3 is 15.9 Å². The Labute approximate surface area is 78.7 Å². The van der Waals surface area contributed by atoms with Crippen LogP contribution in [0.2, 0.25) is 0 Å². The standard InChI is InChI=1S/C5H7F3O5Si/c1-3(9)11-14(12-4(2)10)13-5(6,7)8/h14H,1-2H3. The number of hydrogen-bond donors (Lipinski definition) is 0. The first-order chi connectivity index (χ1) is 6.20. The number of rotatable bonds is 3. The van der Waals surface area contributed by atoms with Crippen LogP contribution in [0.15, 0.2) is 0 Å². The van der Waals surface area contributed by atoms with Crippen molar-refractivity contribution in [3.05, 3.63) is 0 Å². The van der Waals surface area contributed by atoms with E-state index in [2.05, 4.69) is 13.3 Å². The smallest absolute Gasteiger partial charge is 0.467 e. The zero-order chi connectivity index (χ0) is 11.4. The molecule has 0 aliphatic rings. The Bertz CT molecular complexity index is 212. The number of alkyl halides is 3. The van der Waals surface area contributed by atoms with Gasteiger partial charge in [0.05, 0.1) is 0 Å². The van der Waals surface area contributed by atoms with Gasteiger partial charge in [0.15, 0.2) is 0 Å². The van der Waals surface area contributed by atoms with Crippen LogP contribution >= 0.6 is 0 Å². The summed E-state index contributed by atoms with van der Waals surface area (Å²) in [7, 11) is -3.80. The fraction of sp³-hybridized carbons (Fsp3) is 0.600. The van der Waals surface area contributed by atoms with E-state index in [0.29, 0.717) is 0 Å². The maximum absolute atomic E-state index is 11.6. The lowest BCUT2D eigenvalue weighted by atomic mass is 10.9. The van der Waals surface area contributed by atoms with Crippen LogP contribution in [0, 0.1) is 0 Å². The van der Waals surface area contributed by atoms with Gasteiger partial charge in [0.25, 0.3) is 11.9 Å². The van der Waals surface area contributed by atoms with E-state index in [9.17, 15) is 22.8 Å². The molecule has 0 rings (SSSR count). The molecule has 0 saturated heterocycles. The molecule has 5 nitrogen and oxygen atoms in total. The minimum atomic E-state index is -5.00. The average molecular weight is 232 g/mol.